The Kier molecular flexibility index (Phi) is 9.50. The normalized spacial score (nSPS) is 12.9. The van der Waals surface area contributed by atoms with Crippen molar-refractivity contribution in [3.63, 3.8) is 0 Å². The Morgan fingerprint density at radius 3 is 2.32 bits per heavy atom. The first-order chi connectivity index (χ1) is 13.3. The Morgan fingerprint density at radius 1 is 1.14 bits per heavy atom. The van der Waals surface area contributed by atoms with E-state index in [0.29, 0.717) is 0 Å². The predicted octanol–water partition coefficient (Wildman–Crippen LogP) is 2.08. The number of benzene rings is 1. The van der Waals surface area contributed by atoms with Gasteiger partial charge in [0.25, 0.3) is 5.91 Å². The molecule has 1 aromatic carbocycles. The van der Waals surface area contributed by atoms with Crippen LogP contribution in [-0.2, 0) is 19.1 Å². The van der Waals surface area contributed by atoms with Crippen LogP contribution < -0.4 is 15.4 Å². The molecule has 0 heterocycles. The van der Waals surface area contributed by atoms with Crippen molar-refractivity contribution in [3.8, 4) is 5.75 Å². The zero-order chi connectivity index (χ0) is 21.1. The van der Waals surface area contributed by atoms with Crippen molar-refractivity contribution < 1.29 is 23.9 Å². The van der Waals surface area contributed by atoms with Crippen LogP contribution in [-0.4, -0.2) is 43.6 Å². The molecular formula is C21H28N2O5. The maximum atomic E-state index is 12.4. The lowest BCUT2D eigenvalue weighted by Crippen LogP contribution is -2.47. The number of carbonyl (C=O) groups excluding carboxylic acids is 3. The molecule has 2 atom stereocenters. The topological polar surface area (TPSA) is 93.7 Å². The third-order valence-electron chi connectivity index (χ3n) is 3.84. The molecule has 7 heteroatoms. The number of hydrogen-bond acceptors (Lipinski definition) is 5. The second-order valence-corrected chi connectivity index (χ2v) is 6.45. The first-order valence-electron chi connectivity index (χ1n) is 9.00. The molecule has 7 nitrogen and oxygen atoms in total. The summed E-state index contributed by atoms with van der Waals surface area (Å²) in [5, 5.41) is 5.17. The molecule has 1 aromatic rings. The van der Waals surface area contributed by atoms with Gasteiger partial charge in [-0.05, 0) is 36.6 Å². The monoisotopic (exact) mass is 388 g/mol. The molecule has 0 saturated heterocycles. The van der Waals surface area contributed by atoms with Crippen molar-refractivity contribution in [1.29, 1.82) is 0 Å². The van der Waals surface area contributed by atoms with E-state index < -0.39 is 29.9 Å². The number of carbonyl (C=O) groups is 3. The molecule has 0 saturated carbocycles. The van der Waals surface area contributed by atoms with Crippen LogP contribution in [0.5, 0.6) is 5.75 Å². The van der Waals surface area contributed by atoms with Crippen LogP contribution in [0.1, 0.15) is 26.3 Å². The van der Waals surface area contributed by atoms with Gasteiger partial charge in [-0.1, -0.05) is 32.1 Å². The van der Waals surface area contributed by atoms with E-state index in [1.807, 2.05) is 0 Å². The van der Waals surface area contributed by atoms with Crippen molar-refractivity contribution in [2.75, 3.05) is 13.7 Å². The van der Waals surface area contributed by atoms with Crippen LogP contribution in [0.2, 0.25) is 0 Å². The summed E-state index contributed by atoms with van der Waals surface area (Å²) in [6.07, 6.45) is 3.52. The van der Waals surface area contributed by atoms with Gasteiger partial charge in [0.15, 0.2) is 6.10 Å². The lowest BCUT2D eigenvalue weighted by Gasteiger charge is -2.22. The van der Waals surface area contributed by atoms with E-state index in [9.17, 15) is 14.4 Å². The number of hydrogen-bond donors (Lipinski definition) is 2. The van der Waals surface area contributed by atoms with Gasteiger partial charge in [0.2, 0.25) is 5.91 Å². The number of rotatable bonds is 10. The smallest absolute Gasteiger partial charge is 0.329 e. The maximum Gasteiger partial charge on any atom is 0.329 e. The number of ether oxygens (including phenoxy) is 2. The number of methoxy groups -OCH3 is 1. The fraction of sp³-hybridized carbons (Fsp3) is 0.381. The summed E-state index contributed by atoms with van der Waals surface area (Å²) >= 11 is 0. The summed E-state index contributed by atoms with van der Waals surface area (Å²) in [5.41, 5.74) is 0.812. The Labute approximate surface area is 165 Å². The lowest BCUT2D eigenvalue weighted by molar-refractivity contribution is -0.158. The van der Waals surface area contributed by atoms with Crippen molar-refractivity contribution in [2.45, 2.75) is 32.9 Å². The Balaban J connectivity index is 2.67. The Bertz CT molecular complexity index is 710. The van der Waals surface area contributed by atoms with Crippen LogP contribution in [0.3, 0.4) is 0 Å². The van der Waals surface area contributed by atoms with Crippen LogP contribution in [0.25, 0.3) is 6.08 Å². The van der Waals surface area contributed by atoms with E-state index in [4.69, 9.17) is 9.47 Å². The second-order valence-electron chi connectivity index (χ2n) is 6.45. The molecule has 28 heavy (non-hydrogen) atoms. The fourth-order valence-electron chi connectivity index (χ4n) is 2.20. The SMILES string of the molecule is C=CCNC(=O)C(C)OC(=O)C(NC(=O)/C=C/c1ccc(OC)cc1)C(C)C. The summed E-state index contributed by atoms with van der Waals surface area (Å²) in [5.74, 6) is -1.02. The summed E-state index contributed by atoms with van der Waals surface area (Å²) in [6, 6.07) is 6.30. The second kappa shape index (κ2) is 11.6. The van der Waals surface area contributed by atoms with Gasteiger partial charge in [-0.2, -0.15) is 0 Å². The van der Waals surface area contributed by atoms with E-state index in [-0.39, 0.29) is 12.5 Å². The van der Waals surface area contributed by atoms with E-state index in [1.54, 1.807) is 51.3 Å². The molecule has 0 fully saturated rings. The van der Waals surface area contributed by atoms with Crippen LogP contribution in [0.15, 0.2) is 43.0 Å². The maximum absolute atomic E-state index is 12.4. The van der Waals surface area contributed by atoms with E-state index in [1.165, 1.54) is 19.1 Å². The zero-order valence-electron chi connectivity index (χ0n) is 16.7. The number of amides is 2. The van der Waals surface area contributed by atoms with Gasteiger partial charge in [-0.3, -0.25) is 9.59 Å². The molecule has 2 amide bonds. The lowest BCUT2D eigenvalue weighted by atomic mass is 10.0. The van der Waals surface area contributed by atoms with E-state index in [0.717, 1.165) is 11.3 Å². The molecule has 0 aliphatic rings. The summed E-state index contributed by atoms with van der Waals surface area (Å²) < 4.78 is 10.3. The fourth-order valence-corrected chi connectivity index (χ4v) is 2.20. The number of nitrogens with one attached hydrogen (secondary N) is 2. The summed E-state index contributed by atoms with van der Waals surface area (Å²) in [4.78, 5) is 36.4. The van der Waals surface area contributed by atoms with Gasteiger partial charge in [-0.15, -0.1) is 6.58 Å². The van der Waals surface area contributed by atoms with Crippen LogP contribution in [0, 0.1) is 5.92 Å². The minimum Gasteiger partial charge on any atom is -0.497 e. The minimum atomic E-state index is -0.972. The van der Waals surface area contributed by atoms with Crippen molar-refractivity contribution in [1.82, 2.24) is 10.6 Å². The standard InChI is InChI=1S/C21H28N2O5/c1-6-13-22-20(25)15(4)28-21(26)19(14(2)3)23-18(24)12-9-16-7-10-17(27-5)11-8-16/h6-12,14-15,19H,1,13H2,2-5H3,(H,22,25)(H,23,24)/b12-9+. The molecular weight excluding hydrogens is 360 g/mol. The molecule has 2 unspecified atom stereocenters. The zero-order valence-corrected chi connectivity index (χ0v) is 16.7. The van der Waals surface area contributed by atoms with Crippen molar-refractivity contribution in [3.05, 3.63) is 48.6 Å². The Morgan fingerprint density at radius 2 is 1.79 bits per heavy atom. The molecule has 152 valence electrons. The third kappa shape index (κ3) is 7.65. The highest BCUT2D eigenvalue weighted by Crippen LogP contribution is 2.12. The third-order valence-corrected chi connectivity index (χ3v) is 3.84. The first kappa shape index (κ1) is 23.0. The quantitative estimate of drug-likeness (QED) is 0.364. The predicted molar refractivity (Wildman–Crippen MR) is 108 cm³/mol. The molecule has 0 bridgehead atoms. The molecule has 0 radical (unpaired) electrons. The van der Waals surface area contributed by atoms with Gasteiger partial charge in [-0.25, -0.2) is 4.79 Å². The van der Waals surface area contributed by atoms with Crippen LogP contribution >= 0.6 is 0 Å². The Hall–Kier alpha value is -3.09. The van der Waals surface area contributed by atoms with Gasteiger partial charge in [0, 0.05) is 12.6 Å². The highest BCUT2D eigenvalue weighted by Gasteiger charge is 2.28. The molecule has 0 spiro atoms. The summed E-state index contributed by atoms with van der Waals surface area (Å²) in [7, 11) is 1.58. The van der Waals surface area contributed by atoms with E-state index >= 15 is 0 Å². The highest BCUT2D eigenvalue weighted by molar-refractivity contribution is 5.95. The minimum absolute atomic E-state index is 0.214. The number of esters is 1. The van der Waals surface area contributed by atoms with E-state index in [2.05, 4.69) is 17.2 Å². The van der Waals surface area contributed by atoms with Crippen molar-refractivity contribution in [2.24, 2.45) is 5.92 Å². The molecule has 0 aliphatic carbocycles. The molecule has 0 aromatic heterocycles. The van der Waals surface area contributed by atoms with Gasteiger partial charge in [0.05, 0.1) is 7.11 Å². The largest absolute Gasteiger partial charge is 0.497 e. The highest BCUT2D eigenvalue weighted by atomic mass is 16.5. The average Bonchev–Trinajstić information content (AvgIpc) is 2.68. The van der Waals surface area contributed by atoms with Crippen molar-refractivity contribution >= 4 is 23.9 Å². The molecule has 2 N–H and O–H groups in total. The molecule has 0 aliphatic heterocycles. The average molecular weight is 388 g/mol. The van der Waals surface area contributed by atoms with Gasteiger partial charge in [0.1, 0.15) is 11.8 Å². The molecule has 1 rings (SSSR count). The van der Waals surface area contributed by atoms with Crippen LogP contribution in [0.4, 0.5) is 0 Å². The first-order valence-corrected chi connectivity index (χ1v) is 9.00. The summed E-state index contributed by atoms with van der Waals surface area (Å²) in [6.45, 7) is 8.81. The van der Waals surface area contributed by atoms with Gasteiger partial charge < -0.3 is 20.1 Å². The van der Waals surface area contributed by atoms with Gasteiger partial charge >= 0.3 is 5.97 Å².